The third-order valence-corrected chi connectivity index (χ3v) is 3.59. The van der Waals surface area contributed by atoms with Gasteiger partial charge in [-0.3, -0.25) is 0 Å². The summed E-state index contributed by atoms with van der Waals surface area (Å²) < 4.78 is 0. The first kappa shape index (κ1) is 10.3. The van der Waals surface area contributed by atoms with Gasteiger partial charge in [0, 0.05) is 17.0 Å². The van der Waals surface area contributed by atoms with Gasteiger partial charge < -0.3 is 5.73 Å². The summed E-state index contributed by atoms with van der Waals surface area (Å²) in [6.45, 7) is 4.74. The van der Waals surface area contributed by atoms with Crippen LogP contribution >= 0.6 is 11.3 Å². The van der Waals surface area contributed by atoms with E-state index in [1.165, 1.54) is 10.4 Å². The van der Waals surface area contributed by atoms with Crippen LogP contribution in [0.2, 0.25) is 0 Å². The minimum absolute atomic E-state index is 0.593. The maximum Gasteiger partial charge on any atom is 0.123 e. The van der Waals surface area contributed by atoms with Crippen LogP contribution in [0.4, 0.5) is 0 Å². The van der Waals surface area contributed by atoms with E-state index in [1.807, 2.05) is 6.92 Å². The van der Waals surface area contributed by atoms with Crippen molar-refractivity contribution in [2.24, 2.45) is 5.73 Å². The van der Waals surface area contributed by atoms with Crippen LogP contribution < -0.4 is 5.73 Å². The lowest BCUT2D eigenvalue weighted by atomic mass is 10.1. The molecule has 2 N–H and O–H groups in total. The number of aromatic nitrogens is 1. The molecule has 0 radical (unpaired) electrons. The highest BCUT2D eigenvalue weighted by Crippen LogP contribution is 2.27. The van der Waals surface area contributed by atoms with Crippen LogP contribution in [-0.2, 0) is 6.54 Å². The zero-order chi connectivity index (χ0) is 10.8. The highest BCUT2D eigenvalue weighted by atomic mass is 32.1. The number of rotatable bonds is 2. The second-order valence-electron chi connectivity index (χ2n) is 3.56. The van der Waals surface area contributed by atoms with Crippen molar-refractivity contribution in [3.63, 3.8) is 0 Å². The average molecular weight is 218 g/mol. The molecule has 1 aromatic carbocycles. The molecule has 0 aliphatic heterocycles. The molecule has 15 heavy (non-hydrogen) atoms. The first-order valence-electron chi connectivity index (χ1n) is 4.94. The summed E-state index contributed by atoms with van der Waals surface area (Å²) in [5, 5.41) is 1.09. The Bertz CT molecular complexity index is 437. The molecule has 0 bridgehead atoms. The number of hydrogen-bond acceptors (Lipinski definition) is 3. The van der Waals surface area contributed by atoms with Gasteiger partial charge in [-0.2, -0.15) is 0 Å². The van der Waals surface area contributed by atoms with Crippen LogP contribution in [-0.4, -0.2) is 4.98 Å². The van der Waals surface area contributed by atoms with Gasteiger partial charge in [-0.15, -0.1) is 11.3 Å². The summed E-state index contributed by atoms with van der Waals surface area (Å²) in [4.78, 5) is 5.81. The van der Waals surface area contributed by atoms with E-state index < -0.39 is 0 Å². The molecular formula is C12H14N2S. The third kappa shape index (κ3) is 2.08. The van der Waals surface area contributed by atoms with Gasteiger partial charge >= 0.3 is 0 Å². The molecule has 1 aromatic heterocycles. The standard InChI is InChI=1S/C12H14N2S/c1-8-9(2)15-12(14-8)11-5-3-10(7-13)4-6-11/h3-6H,7,13H2,1-2H3. The van der Waals surface area contributed by atoms with E-state index in [2.05, 4.69) is 36.2 Å². The maximum absolute atomic E-state index is 5.55. The van der Waals surface area contributed by atoms with Crippen molar-refractivity contribution in [1.82, 2.24) is 4.98 Å². The first-order chi connectivity index (χ1) is 7.20. The van der Waals surface area contributed by atoms with Crippen molar-refractivity contribution >= 4 is 11.3 Å². The van der Waals surface area contributed by atoms with Crippen molar-refractivity contribution in [3.05, 3.63) is 40.4 Å². The summed E-state index contributed by atoms with van der Waals surface area (Å²) in [6, 6.07) is 8.28. The van der Waals surface area contributed by atoms with Crippen molar-refractivity contribution in [3.8, 4) is 10.6 Å². The Morgan fingerprint density at radius 1 is 1.20 bits per heavy atom. The average Bonchev–Trinajstić information content (AvgIpc) is 2.59. The highest BCUT2D eigenvalue weighted by molar-refractivity contribution is 7.15. The summed E-state index contributed by atoms with van der Waals surface area (Å²) in [6.07, 6.45) is 0. The van der Waals surface area contributed by atoms with Crippen LogP contribution in [0, 0.1) is 13.8 Å². The van der Waals surface area contributed by atoms with E-state index in [0.717, 1.165) is 16.3 Å². The van der Waals surface area contributed by atoms with Gasteiger partial charge in [-0.25, -0.2) is 4.98 Å². The molecule has 0 aliphatic carbocycles. The molecule has 3 heteroatoms. The lowest BCUT2D eigenvalue weighted by Gasteiger charge is -1.98. The first-order valence-corrected chi connectivity index (χ1v) is 5.76. The summed E-state index contributed by atoms with van der Waals surface area (Å²) in [5.74, 6) is 0. The molecule has 2 nitrogen and oxygen atoms in total. The van der Waals surface area contributed by atoms with E-state index in [1.54, 1.807) is 11.3 Å². The van der Waals surface area contributed by atoms with Crippen molar-refractivity contribution in [2.45, 2.75) is 20.4 Å². The molecule has 0 saturated carbocycles. The largest absolute Gasteiger partial charge is 0.326 e. The van der Waals surface area contributed by atoms with Crippen molar-refractivity contribution in [2.75, 3.05) is 0 Å². The molecule has 0 spiro atoms. The molecule has 78 valence electrons. The molecule has 0 atom stereocenters. The van der Waals surface area contributed by atoms with Crippen LogP contribution in [0.3, 0.4) is 0 Å². The van der Waals surface area contributed by atoms with Crippen LogP contribution in [0.5, 0.6) is 0 Å². The van der Waals surface area contributed by atoms with Gasteiger partial charge in [-0.05, 0) is 19.4 Å². The Hall–Kier alpha value is -1.19. The quantitative estimate of drug-likeness (QED) is 0.841. The summed E-state index contributed by atoms with van der Waals surface area (Å²) >= 11 is 1.74. The Balaban J connectivity index is 2.37. The molecule has 0 aliphatic rings. The van der Waals surface area contributed by atoms with Crippen LogP contribution in [0.15, 0.2) is 24.3 Å². The number of aryl methyl sites for hydroxylation is 2. The molecule has 0 saturated heterocycles. The highest BCUT2D eigenvalue weighted by Gasteiger charge is 2.05. The van der Waals surface area contributed by atoms with Gasteiger partial charge in [0.05, 0.1) is 5.69 Å². The van der Waals surface area contributed by atoms with Gasteiger partial charge in [-0.1, -0.05) is 24.3 Å². The number of thiazole rings is 1. The molecule has 0 unspecified atom stereocenters. The molecule has 0 fully saturated rings. The topological polar surface area (TPSA) is 38.9 Å². The second kappa shape index (κ2) is 4.13. The zero-order valence-corrected chi connectivity index (χ0v) is 9.77. The molecule has 1 heterocycles. The normalized spacial score (nSPS) is 10.6. The SMILES string of the molecule is Cc1nc(-c2ccc(CN)cc2)sc1C. The van der Waals surface area contributed by atoms with Crippen LogP contribution in [0.1, 0.15) is 16.1 Å². The van der Waals surface area contributed by atoms with E-state index in [-0.39, 0.29) is 0 Å². The predicted molar refractivity (Wildman–Crippen MR) is 64.9 cm³/mol. The fourth-order valence-corrected chi connectivity index (χ4v) is 2.30. The maximum atomic E-state index is 5.55. The number of nitrogens with zero attached hydrogens (tertiary/aromatic N) is 1. The molecular weight excluding hydrogens is 204 g/mol. The number of hydrogen-bond donors (Lipinski definition) is 1. The molecule has 2 aromatic rings. The Labute approximate surface area is 93.8 Å². The van der Waals surface area contributed by atoms with E-state index in [0.29, 0.717) is 6.54 Å². The Morgan fingerprint density at radius 2 is 1.87 bits per heavy atom. The minimum atomic E-state index is 0.593. The third-order valence-electron chi connectivity index (χ3n) is 2.47. The summed E-state index contributed by atoms with van der Waals surface area (Å²) in [7, 11) is 0. The molecule has 0 amide bonds. The van der Waals surface area contributed by atoms with Crippen LogP contribution in [0.25, 0.3) is 10.6 Å². The molecule has 2 rings (SSSR count). The van der Waals surface area contributed by atoms with Gasteiger partial charge in [0.2, 0.25) is 0 Å². The number of nitrogens with two attached hydrogens (primary N) is 1. The van der Waals surface area contributed by atoms with E-state index in [9.17, 15) is 0 Å². The van der Waals surface area contributed by atoms with Gasteiger partial charge in [0.15, 0.2) is 0 Å². The predicted octanol–water partition coefficient (Wildman–Crippen LogP) is 2.89. The smallest absolute Gasteiger partial charge is 0.123 e. The van der Waals surface area contributed by atoms with E-state index >= 15 is 0 Å². The Kier molecular flexibility index (Phi) is 2.84. The number of benzene rings is 1. The second-order valence-corrected chi connectivity index (χ2v) is 4.76. The monoisotopic (exact) mass is 218 g/mol. The Morgan fingerprint density at radius 3 is 2.33 bits per heavy atom. The lowest BCUT2D eigenvalue weighted by molar-refractivity contribution is 1.07. The fourth-order valence-electron chi connectivity index (χ4n) is 1.38. The van der Waals surface area contributed by atoms with E-state index in [4.69, 9.17) is 5.73 Å². The van der Waals surface area contributed by atoms with Crippen molar-refractivity contribution < 1.29 is 0 Å². The van der Waals surface area contributed by atoms with Gasteiger partial charge in [0.25, 0.3) is 0 Å². The van der Waals surface area contributed by atoms with Crippen molar-refractivity contribution in [1.29, 1.82) is 0 Å². The summed E-state index contributed by atoms with van der Waals surface area (Å²) in [5.41, 5.74) is 9.01. The van der Waals surface area contributed by atoms with Gasteiger partial charge in [0.1, 0.15) is 5.01 Å². The zero-order valence-electron chi connectivity index (χ0n) is 8.95. The minimum Gasteiger partial charge on any atom is -0.326 e. The fraction of sp³-hybridized carbons (Fsp3) is 0.250. The lowest BCUT2D eigenvalue weighted by Crippen LogP contribution is -1.95.